The molecular weight excluding hydrogens is 360 g/mol. The van der Waals surface area contributed by atoms with Crippen molar-refractivity contribution in [3.63, 3.8) is 0 Å². The molecule has 7 nitrogen and oxygen atoms in total. The zero-order valence-electron chi connectivity index (χ0n) is 15.6. The summed E-state index contributed by atoms with van der Waals surface area (Å²) < 4.78 is 4.79. The molecule has 2 aromatic carbocycles. The maximum Gasteiger partial charge on any atom is 0.328 e. The van der Waals surface area contributed by atoms with Crippen LogP contribution in [0.5, 0.6) is 0 Å². The maximum absolute atomic E-state index is 12.7. The summed E-state index contributed by atoms with van der Waals surface area (Å²) in [6.45, 7) is 0.327. The molecule has 0 radical (unpaired) electrons. The highest BCUT2D eigenvalue weighted by molar-refractivity contribution is 5.90. The Hall–Kier alpha value is -3.19. The summed E-state index contributed by atoms with van der Waals surface area (Å²) in [7, 11) is 1.24. The van der Waals surface area contributed by atoms with Crippen molar-refractivity contribution < 1.29 is 24.2 Å². The summed E-state index contributed by atoms with van der Waals surface area (Å²) >= 11 is 0. The van der Waals surface area contributed by atoms with Gasteiger partial charge in [-0.05, 0) is 11.1 Å². The molecule has 0 bridgehead atoms. The number of aliphatic carboxylic acids is 1. The summed E-state index contributed by atoms with van der Waals surface area (Å²) in [5.74, 6) is -2.27. The van der Waals surface area contributed by atoms with Gasteiger partial charge in [-0.25, -0.2) is 4.79 Å². The topological polar surface area (TPSA) is 105 Å². The van der Waals surface area contributed by atoms with Crippen molar-refractivity contribution in [3.8, 4) is 0 Å². The average molecular weight is 384 g/mol. The van der Waals surface area contributed by atoms with E-state index in [1.54, 1.807) is 0 Å². The van der Waals surface area contributed by atoms with E-state index >= 15 is 0 Å². The Balaban J connectivity index is 2.06. The minimum Gasteiger partial charge on any atom is -0.481 e. The third-order valence-electron chi connectivity index (χ3n) is 4.18. The van der Waals surface area contributed by atoms with Gasteiger partial charge in [-0.15, -0.1) is 0 Å². The minimum atomic E-state index is -1.11. The van der Waals surface area contributed by atoms with Gasteiger partial charge >= 0.3 is 11.9 Å². The van der Waals surface area contributed by atoms with Crippen molar-refractivity contribution in [2.45, 2.75) is 31.5 Å². The van der Waals surface area contributed by atoms with E-state index in [2.05, 4.69) is 10.6 Å². The number of hydrogen-bond acceptors (Lipinski definition) is 5. The van der Waals surface area contributed by atoms with Crippen LogP contribution in [0.3, 0.4) is 0 Å². The zero-order chi connectivity index (χ0) is 20.4. The van der Waals surface area contributed by atoms with Gasteiger partial charge in [-0.3, -0.25) is 9.59 Å². The van der Waals surface area contributed by atoms with Crippen LogP contribution in [0.2, 0.25) is 0 Å². The number of esters is 1. The lowest BCUT2D eigenvalue weighted by Crippen LogP contribution is -2.51. The summed E-state index contributed by atoms with van der Waals surface area (Å²) in [4.78, 5) is 36.0. The van der Waals surface area contributed by atoms with Gasteiger partial charge in [0.2, 0.25) is 5.91 Å². The Morgan fingerprint density at radius 3 is 2.04 bits per heavy atom. The van der Waals surface area contributed by atoms with Crippen molar-refractivity contribution in [3.05, 3.63) is 71.8 Å². The quantitative estimate of drug-likeness (QED) is 0.537. The van der Waals surface area contributed by atoms with Gasteiger partial charge in [-0.1, -0.05) is 60.7 Å². The Morgan fingerprint density at radius 1 is 0.929 bits per heavy atom. The van der Waals surface area contributed by atoms with Crippen LogP contribution in [-0.4, -0.2) is 42.1 Å². The molecule has 0 aromatic heterocycles. The highest BCUT2D eigenvalue weighted by Gasteiger charge is 2.27. The van der Waals surface area contributed by atoms with E-state index < -0.39 is 36.4 Å². The predicted molar refractivity (Wildman–Crippen MR) is 103 cm³/mol. The molecule has 0 aliphatic rings. The molecule has 1 amide bonds. The second-order valence-electron chi connectivity index (χ2n) is 6.29. The fourth-order valence-electron chi connectivity index (χ4n) is 2.73. The lowest BCUT2D eigenvalue weighted by molar-refractivity contribution is -0.145. The number of carbonyl (C=O) groups excluding carboxylic acids is 2. The molecule has 3 N–H and O–H groups in total. The molecule has 0 aliphatic carbocycles. The van der Waals surface area contributed by atoms with Gasteiger partial charge in [-0.2, -0.15) is 0 Å². The Bertz CT molecular complexity index is 780. The van der Waals surface area contributed by atoms with Crippen LogP contribution in [0.15, 0.2) is 60.7 Å². The molecule has 0 spiro atoms. The molecule has 2 aromatic rings. The maximum atomic E-state index is 12.7. The van der Waals surface area contributed by atoms with Crippen LogP contribution in [0.1, 0.15) is 17.5 Å². The average Bonchev–Trinajstić information content (AvgIpc) is 2.71. The van der Waals surface area contributed by atoms with E-state index in [0.29, 0.717) is 6.54 Å². The SMILES string of the molecule is COC(=O)[C@H](Cc1ccccc1)NC(=O)[C@H](CC(=O)O)NCc1ccccc1. The number of rotatable bonds is 10. The summed E-state index contributed by atoms with van der Waals surface area (Å²) in [5.41, 5.74) is 1.77. The van der Waals surface area contributed by atoms with Gasteiger partial charge in [0, 0.05) is 13.0 Å². The second kappa shape index (κ2) is 10.8. The number of carbonyl (C=O) groups is 3. The molecule has 7 heteroatoms. The molecule has 0 aliphatic heterocycles. The van der Waals surface area contributed by atoms with Crippen molar-refractivity contribution in [2.75, 3.05) is 7.11 Å². The highest BCUT2D eigenvalue weighted by atomic mass is 16.5. The molecule has 0 saturated carbocycles. The van der Waals surface area contributed by atoms with Crippen LogP contribution in [0.25, 0.3) is 0 Å². The molecule has 28 heavy (non-hydrogen) atoms. The first-order valence-electron chi connectivity index (χ1n) is 8.91. The molecule has 148 valence electrons. The number of hydrogen-bond donors (Lipinski definition) is 3. The number of carboxylic acid groups (broad SMARTS) is 1. The molecule has 0 fully saturated rings. The van der Waals surface area contributed by atoms with E-state index in [4.69, 9.17) is 9.84 Å². The molecular formula is C21H24N2O5. The van der Waals surface area contributed by atoms with Crippen LogP contribution in [0.4, 0.5) is 0 Å². The summed E-state index contributed by atoms with van der Waals surface area (Å²) in [6, 6.07) is 16.6. The standard InChI is InChI=1S/C21H24N2O5/c1-28-21(27)18(12-15-8-4-2-5-9-15)23-20(26)17(13-19(24)25)22-14-16-10-6-3-7-11-16/h2-11,17-18,22H,12-14H2,1H3,(H,23,26)(H,24,25)/t17-,18-/m0/s1. The molecule has 2 atom stereocenters. The molecule has 0 heterocycles. The van der Waals surface area contributed by atoms with E-state index in [0.717, 1.165) is 11.1 Å². The fraction of sp³-hybridized carbons (Fsp3) is 0.286. The Labute approximate surface area is 163 Å². The molecule has 0 unspecified atom stereocenters. The molecule has 0 saturated heterocycles. The monoisotopic (exact) mass is 384 g/mol. The van der Waals surface area contributed by atoms with Crippen molar-refractivity contribution >= 4 is 17.8 Å². The van der Waals surface area contributed by atoms with Crippen LogP contribution in [-0.2, 0) is 32.1 Å². The number of nitrogens with one attached hydrogen (secondary N) is 2. The van der Waals surface area contributed by atoms with Crippen LogP contribution in [0, 0.1) is 0 Å². The minimum absolute atomic E-state index is 0.248. The number of benzene rings is 2. The van der Waals surface area contributed by atoms with Crippen molar-refractivity contribution in [1.82, 2.24) is 10.6 Å². The number of ether oxygens (including phenoxy) is 1. The van der Waals surface area contributed by atoms with E-state index in [1.807, 2.05) is 60.7 Å². The lowest BCUT2D eigenvalue weighted by atomic mass is 10.0. The largest absolute Gasteiger partial charge is 0.481 e. The Morgan fingerprint density at radius 2 is 1.50 bits per heavy atom. The Kier molecular flexibility index (Phi) is 8.17. The zero-order valence-corrected chi connectivity index (χ0v) is 15.6. The van der Waals surface area contributed by atoms with Crippen LogP contribution >= 0.6 is 0 Å². The lowest BCUT2D eigenvalue weighted by Gasteiger charge is -2.21. The number of methoxy groups -OCH3 is 1. The van der Waals surface area contributed by atoms with E-state index in [1.165, 1.54) is 7.11 Å². The van der Waals surface area contributed by atoms with E-state index in [-0.39, 0.29) is 6.42 Å². The molecule has 2 rings (SSSR count). The first-order chi connectivity index (χ1) is 13.5. The number of amides is 1. The van der Waals surface area contributed by atoms with E-state index in [9.17, 15) is 14.4 Å². The highest BCUT2D eigenvalue weighted by Crippen LogP contribution is 2.06. The van der Waals surface area contributed by atoms with Crippen molar-refractivity contribution in [2.24, 2.45) is 0 Å². The summed E-state index contributed by atoms with van der Waals surface area (Å²) in [6.07, 6.45) is -0.157. The van der Waals surface area contributed by atoms with Gasteiger partial charge in [0.25, 0.3) is 0 Å². The fourth-order valence-corrected chi connectivity index (χ4v) is 2.73. The van der Waals surface area contributed by atoms with Crippen LogP contribution < -0.4 is 10.6 Å². The first kappa shape index (κ1) is 21.1. The van der Waals surface area contributed by atoms with Gasteiger partial charge in [0.05, 0.1) is 19.6 Å². The first-order valence-corrected chi connectivity index (χ1v) is 8.91. The van der Waals surface area contributed by atoms with Crippen molar-refractivity contribution in [1.29, 1.82) is 0 Å². The third-order valence-corrected chi connectivity index (χ3v) is 4.18. The van der Waals surface area contributed by atoms with Gasteiger partial charge in [0.1, 0.15) is 6.04 Å². The number of carboxylic acids is 1. The second-order valence-corrected chi connectivity index (χ2v) is 6.29. The third kappa shape index (κ3) is 6.85. The van der Waals surface area contributed by atoms with Gasteiger partial charge < -0.3 is 20.5 Å². The van der Waals surface area contributed by atoms with Gasteiger partial charge in [0.15, 0.2) is 0 Å². The summed E-state index contributed by atoms with van der Waals surface area (Å²) in [5, 5.41) is 14.7. The smallest absolute Gasteiger partial charge is 0.328 e. The predicted octanol–water partition coefficient (Wildman–Crippen LogP) is 1.52. The normalized spacial score (nSPS) is 12.6.